The van der Waals surface area contributed by atoms with E-state index in [-0.39, 0.29) is 52.7 Å². The molecule has 2 amide bonds. The molecule has 0 bridgehead atoms. The van der Waals surface area contributed by atoms with Crippen LogP contribution in [0.3, 0.4) is 0 Å². The number of carbonyl (C=O) groups excluding carboxylic acids is 2. The molecular weight excluding hydrogens is 688 g/mol. The maximum Gasteiger partial charge on any atom is 0.278 e. The minimum atomic E-state index is -3.96. The first kappa shape index (κ1) is 31.9. The zero-order valence-corrected chi connectivity index (χ0v) is 27.0. The zero-order chi connectivity index (χ0) is 32.7. The van der Waals surface area contributed by atoms with Gasteiger partial charge in [-0.15, -0.1) is 22.7 Å². The van der Waals surface area contributed by atoms with Crippen molar-refractivity contribution in [2.24, 2.45) is 0 Å². The van der Waals surface area contributed by atoms with Gasteiger partial charge in [-0.3, -0.25) is 18.2 Å². The van der Waals surface area contributed by atoms with E-state index in [4.69, 9.17) is 11.6 Å². The highest BCUT2D eigenvalue weighted by Gasteiger charge is 2.40. The van der Waals surface area contributed by atoms with E-state index in [1.807, 2.05) is 0 Å². The number of anilines is 2. The van der Waals surface area contributed by atoms with E-state index in [2.05, 4.69) is 20.6 Å². The van der Waals surface area contributed by atoms with Crippen molar-refractivity contribution >= 4 is 89.3 Å². The lowest BCUT2D eigenvalue weighted by Gasteiger charge is -2.26. The second kappa shape index (κ2) is 12.1. The molecule has 19 heteroatoms. The molecule has 0 spiro atoms. The molecule has 14 nitrogen and oxygen atoms in total. The predicted molar refractivity (Wildman–Crippen MR) is 168 cm³/mol. The number of amides is 2. The molecule has 2 aliphatic heterocycles. The van der Waals surface area contributed by atoms with Crippen LogP contribution >= 0.6 is 34.3 Å². The summed E-state index contributed by atoms with van der Waals surface area (Å²) in [4.78, 5) is 32.7. The molecule has 2 aliphatic rings. The third kappa shape index (κ3) is 5.85. The van der Waals surface area contributed by atoms with Gasteiger partial charge in [0, 0.05) is 26.5 Å². The van der Waals surface area contributed by atoms with Gasteiger partial charge in [-0.2, -0.15) is 0 Å². The Bertz CT molecular complexity index is 2100. The van der Waals surface area contributed by atoms with Crippen LogP contribution in [-0.2, 0) is 29.6 Å². The molecule has 0 unspecified atom stereocenters. The van der Waals surface area contributed by atoms with Crippen molar-refractivity contribution < 1.29 is 36.6 Å². The fourth-order valence-electron chi connectivity index (χ4n) is 4.15. The average Bonchev–Trinajstić information content (AvgIpc) is 3.66. The first-order chi connectivity index (χ1) is 21.2. The highest BCUT2D eigenvalue weighted by molar-refractivity contribution is 7.90. The Morgan fingerprint density at radius 2 is 1.27 bits per heavy atom. The van der Waals surface area contributed by atoms with Gasteiger partial charge < -0.3 is 20.8 Å². The highest BCUT2D eigenvalue weighted by atomic mass is 35.5. The topological polar surface area (TPSA) is 199 Å². The van der Waals surface area contributed by atoms with Crippen molar-refractivity contribution in [2.75, 3.05) is 24.7 Å². The maximum absolute atomic E-state index is 12.5. The lowest BCUT2D eigenvalue weighted by molar-refractivity contribution is -0.114. The molecule has 0 atom stereocenters. The summed E-state index contributed by atoms with van der Waals surface area (Å²) in [7, 11) is -5.40. The third-order valence-electron chi connectivity index (χ3n) is 6.33. The first-order valence-electron chi connectivity index (χ1n) is 12.4. The number of sulfonamides is 2. The lowest BCUT2D eigenvalue weighted by Crippen LogP contribution is -2.36. The van der Waals surface area contributed by atoms with Gasteiger partial charge >= 0.3 is 0 Å². The Kier molecular flexibility index (Phi) is 8.60. The third-order valence-corrected chi connectivity index (χ3v) is 12.4. The fourth-order valence-corrected chi connectivity index (χ4v) is 9.65. The fraction of sp³-hybridized carbons (Fsp3) is 0.0769. The van der Waals surface area contributed by atoms with E-state index in [1.165, 1.54) is 38.6 Å². The Morgan fingerprint density at radius 1 is 0.778 bits per heavy atom. The van der Waals surface area contributed by atoms with Crippen molar-refractivity contribution in [1.82, 2.24) is 18.6 Å². The van der Waals surface area contributed by atoms with Gasteiger partial charge in [-0.1, -0.05) is 23.7 Å². The first-order valence-corrected chi connectivity index (χ1v) is 17.4. The van der Waals surface area contributed by atoms with Crippen LogP contribution < -0.4 is 10.6 Å². The summed E-state index contributed by atoms with van der Waals surface area (Å²) >= 11 is 7.78. The summed E-state index contributed by atoms with van der Waals surface area (Å²) in [6.45, 7) is 0. The van der Waals surface area contributed by atoms with Gasteiger partial charge in [0.1, 0.15) is 21.4 Å². The van der Waals surface area contributed by atoms with Crippen LogP contribution in [-0.4, -0.2) is 71.5 Å². The summed E-state index contributed by atoms with van der Waals surface area (Å²) in [6.07, 6.45) is 2.96. The van der Waals surface area contributed by atoms with E-state index in [1.54, 1.807) is 41.8 Å². The summed E-state index contributed by atoms with van der Waals surface area (Å²) in [5, 5.41) is 27.1. The van der Waals surface area contributed by atoms with Gasteiger partial charge in [0.15, 0.2) is 22.9 Å². The normalized spacial score (nSPS) is 16.2. The minimum absolute atomic E-state index is 0.00751. The van der Waals surface area contributed by atoms with Crippen LogP contribution in [0.2, 0.25) is 4.34 Å². The number of fused-ring (bicyclic) bond motifs is 2. The van der Waals surface area contributed by atoms with Crippen LogP contribution in [0.1, 0.15) is 9.75 Å². The Labute approximate surface area is 269 Å². The molecule has 0 aromatic carbocycles. The van der Waals surface area contributed by atoms with Gasteiger partial charge in [0.05, 0.1) is 14.1 Å². The van der Waals surface area contributed by atoms with Crippen molar-refractivity contribution in [3.05, 3.63) is 91.8 Å². The Hall–Kier alpha value is -4.49. The highest BCUT2D eigenvalue weighted by Crippen LogP contribution is 2.42. The number of nitrogens with zero attached hydrogens (tertiary/aromatic N) is 4. The summed E-state index contributed by atoms with van der Waals surface area (Å²) in [5.41, 5.74) is -0.720. The number of hydrogen-bond donors (Lipinski definition) is 4. The average molecular weight is 709 g/mol. The minimum Gasteiger partial charge on any atom is -0.504 e. The van der Waals surface area contributed by atoms with Crippen molar-refractivity contribution in [2.45, 2.75) is 9.79 Å². The van der Waals surface area contributed by atoms with Gasteiger partial charge in [-0.25, -0.2) is 26.8 Å². The molecule has 45 heavy (non-hydrogen) atoms. The SMILES string of the molecule is CN1C(C(=O)Nc2ccccn2)=C(O)c2sc(Cl)cc2S1(=O)=O.CN1C(C(=O)Nc2ccccn2)=C(O)c2sccc2S1(=O)=O. The van der Waals surface area contributed by atoms with E-state index < -0.39 is 37.6 Å². The van der Waals surface area contributed by atoms with E-state index >= 15 is 0 Å². The van der Waals surface area contributed by atoms with E-state index in [0.717, 1.165) is 31.3 Å². The van der Waals surface area contributed by atoms with Crippen LogP contribution in [0.15, 0.2) is 87.5 Å². The maximum atomic E-state index is 12.5. The number of halogens is 1. The zero-order valence-electron chi connectivity index (χ0n) is 23.0. The Balaban J connectivity index is 0.000000178. The molecule has 4 N–H and O–H groups in total. The smallest absolute Gasteiger partial charge is 0.278 e. The van der Waals surface area contributed by atoms with Crippen LogP contribution in [0, 0.1) is 0 Å². The number of likely N-dealkylation sites (N-methyl/N-ethyl adjacent to an activating group) is 2. The number of thiophene rings is 2. The van der Waals surface area contributed by atoms with Crippen molar-refractivity contribution in [1.29, 1.82) is 0 Å². The summed E-state index contributed by atoms with van der Waals surface area (Å²) < 4.78 is 51.4. The second-order valence-corrected chi connectivity index (χ2v) is 15.5. The molecule has 4 aromatic heterocycles. The molecule has 0 saturated carbocycles. The number of rotatable bonds is 4. The summed E-state index contributed by atoms with van der Waals surface area (Å²) in [6, 6.07) is 12.4. The summed E-state index contributed by atoms with van der Waals surface area (Å²) in [5.74, 6) is -1.85. The second-order valence-electron chi connectivity index (χ2n) is 9.04. The van der Waals surface area contributed by atoms with Crippen LogP contribution in [0.4, 0.5) is 11.6 Å². The monoisotopic (exact) mass is 708 g/mol. The Morgan fingerprint density at radius 3 is 1.76 bits per heavy atom. The number of nitrogens with one attached hydrogen (secondary N) is 2. The van der Waals surface area contributed by atoms with Crippen molar-refractivity contribution in [3.8, 4) is 0 Å². The number of aliphatic hydroxyl groups excluding tert-OH is 2. The quantitative estimate of drug-likeness (QED) is 0.241. The number of aromatic nitrogens is 2. The van der Waals surface area contributed by atoms with E-state index in [0.29, 0.717) is 0 Å². The molecular formula is C26H21ClN6O8S4. The molecule has 0 aliphatic carbocycles. The number of carbonyl (C=O) groups is 2. The van der Waals surface area contributed by atoms with Crippen LogP contribution in [0.25, 0.3) is 11.5 Å². The predicted octanol–water partition coefficient (Wildman–Crippen LogP) is 3.94. The lowest BCUT2D eigenvalue weighted by atomic mass is 10.3. The van der Waals surface area contributed by atoms with Crippen molar-refractivity contribution in [3.63, 3.8) is 0 Å². The standard InChI is InChI=1S/C13H10ClN3O4S2.C13H11N3O4S2/c1-17-10(13(19)16-9-4-2-3-5-15-9)11(18)12-7(23(17,20)21)6-8(14)22-12;1-16-10(13(18)15-9-4-2-3-6-14-9)11(17)12-8(5-7-21-12)22(16,19)20/h2-6,18H,1H3,(H,15,16,19);2-7,17H,1H3,(H,14,15,18). The molecule has 4 aromatic rings. The largest absolute Gasteiger partial charge is 0.504 e. The van der Waals surface area contributed by atoms with Gasteiger partial charge in [-0.05, 0) is 41.8 Å². The molecule has 6 heterocycles. The van der Waals surface area contributed by atoms with Crippen LogP contribution in [0.5, 0.6) is 0 Å². The molecule has 0 radical (unpaired) electrons. The molecule has 6 rings (SSSR count). The van der Waals surface area contributed by atoms with Gasteiger partial charge in [0.25, 0.3) is 31.9 Å². The number of aliphatic hydroxyl groups is 2. The molecule has 234 valence electrons. The molecule has 0 fully saturated rings. The van der Waals surface area contributed by atoms with Gasteiger partial charge in [0.2, 0.25) is 0 Å². The van der Waals surface area contributed by atoms with E-state index in [9.17, 15) is 36.6 Å². The number of hydrogen-bond acceptors (Lipinski definition) is 12. The number of pyridine rings is 2. The molecule has 0 saturated heterocycles.